The molecular weight excluding hydrogens is 318 g/mol. The second-order valence-corrected chi connectivity index (χ2v) is 6.06. The summed E-state index contributed by atoms with van der Waals surface area (Å²) in [6.45, 7) is 0. The van der Waals surface area contributed by atoms with E-state index in [9.17, 15) is 4.79 Å². The molecule has 2 unspecified atom stereocenters. The van der Waals surface area contributed by atoms with Gasteiger partial charge in [0, 0.05) is 28.7 Å². The van der Waals surface area contributed by atoms with Crippen LogP contribution in [0.1, 0.15) is 29.6 Å². The largest absolute Gasteiger partial charge is 0.376 e. The van der Waals surface area contributed by atoms with E-state index in [1.165, 1.54) is 5.56 Å². The molecule has 0 saturated heterocycles. The van der Waals surface area contributed by atoms with Gasteiger partial charge in [0.25, 0.3) is 0 Å². The third-order valence-electron chi connectivity index (χ3n) is 3.94. The van der Waals surface area contributed by atoms with E-state index < -0.39 is 0 Å². The van der Waals surface area contributed by atoms with Crippen molar-refractivity contribution < 1.29 is 4.79 Å². The Morgan fingerprint density at radius 2 is 2.15 bits per heavy atom. The Bertz CT molecular complexity index is 716. The summed E-state index contributed by atoms with van der Waals surface area (Å²) in [5.74, 6) is 0.167. The van der Waals surface area contributed by atoms with Crippen molar-refractivity contribution in [2.24, 2.45) is 0 Å². The Morgan fingerprint density at radius 1 is 1.25 bits per heavy atom. The van der Waals surface area contributed by atoms with Gasteiger partial charge in [-0.25, -0.2) is 0 Å². The van der Waals surface area contributed by atoms with Gasteiger partial charge in [0.1, 0.15) is 0 Å². The Labute approximate surface area is 124 Å². The Morgan fingerprint density at radius 3 is 3.05 bits per heavy atom. The predicted molar refractivity (Wildman–Crippen MR) is 80.7 cm³/mol. The van der Waals surface area contributed by atoms with E-state index in [4.69, 9.17) is 0 Å². The van der Waals surface area contributed by atoms with Crippen molar-refractivity contribution in [3.05, 3.63) is 52.3 Å². The second kappa shape index (κ2) is 4.31. The first-order chi connectivity index (χ1) is 9.72. The number of fused-ring (bicyclic) bond motifs is 5. The Kier molecular flexibility index (Phi) is 2.57. The van der Waals surface area contributed by atoms with Crippen LogP contribution in [0, 0.1) is 0 Å². The van der Waals surface area contributed by atoms with Gasteiger partial charge in [0.2, 0.25) is 5.91 Å². The Balaban J connectivity index is 1.88. The molecule has 0 fully saturated rings. The van der Waals surface area contributed by atoms with Crippen molar-refractivity contribution in [1.82, 2.24) is 4.98 Å². The number of hydrogen-bond acceptors (Lipinski definition) is 3. The number of carbonyl (C=O) groups is 1. The van der Waals surface area contributed by atoms with Crippen LogP contribution in [-0.4, -0.2) is 10.9 Å². The number of nitrogens with zero attached hydrogens (tertiary/aromatic N) is 1. The molecule has 100 valence electrons. The summed E-state index contributed by atoms with van der Waals surface area (Å²) < 4.78 is 1.03. The van der Waals surface area contributed by atoms with E-state index in [0.29, 0.717) is 6.42 Å². The quantitative estimate of drug-likeness (QED) is 0.778. The minimum absolute atomic E-state index is 0.0429. The first-order valence-corrected chi connectivity index (χ1v) is 7.32. The lowest BCUT2D eigenvalue weighted by atomic mass is 9.90. The lowest BCUT2D eigenvalue weighted by molar-refractivity contribution is -0.116. The van der Waals surface area contributed by atoms with Crippen LogP contribution in [0.25, 0.3) is 0 Å². The summed E-state index contributed by atoms with van der Waals surface area (Å²) in [5.41, 5.74) is 3.99. The van der Waals surface area contributed by atoms with Crippen LogP contribution in [0.2, 0.25) is 0 Å². The molecule has 4 nitrogen and oxygen atoms in total. The van der Waals surface area contributed by atoms with Gasteiger partial charge in [-0.05, 0) is 35.9 Å². The van der Waals surface area contributed by atoms with Gasteiger partial charge in [-0.15, -0.1) is 0 Å². The zero-order valence-corrected chi connectivity index (χ0v) is 12.1. The summed E-state index contributed by atoms with van der Waals surface area (Å²) in [5, 5.41) is 6.45. The van der Waals surface area contributed by atoms with Crippen LogP contribution < -0.4 is 10.6 Å². The van der Waals surface area contributed by atoms with Crippen molar-refractivity contribution in [1.29, 1.82) is 0 Å². The molecule has 1 aromatic carbocycles. The molecule has 5 heteroatoms. The molecule has 1 amide bonds. The number of amides is 1. The van der Waals surface area contributed by atoms with Gasteiger partial charge in [0.05, 0.1) is 17.4 Å². The second-order valence-electron chi connectivity index (χ2n) is 5.15. The molecule has 2 aliphatic heterocycles. The number of rotatable bonds is 0. The number of anilines is 2. The van der Waals surface area contributed by atoms with E-state index in [1.807, 2.05) is 18.2 Å². The van der Waals surface area contributed by atoms with Crippen LogP contribution in [0.3, 0.4) is 0 Å². The molecule has 2 aromatic rings. The zero-order chi connectivity index (χ0) is 13.7. The predicted octanol–water partition coefficient (Wildman–Crippen LogP) is 3.44. The summed E-state index contributed by atoms with van der Waals surface area (Å²) in [7, 11) is 0. The molecule has 3 heterocycles. The topological polar surface area (TPSA) is 54.0 Å². The van der Waals surface area contributed by atoms with Crippen LogP contribution in [0.5, 0.6) is 0 Å². The number of hydrogen-bond donors (Lipinski definition) is 2. The van der Waals surface area contributed by atoms with E-state index in [0.717, 1.165) is 21.5 Å². The third-order valence-corrected chi connectivity index (χ3v) is 4.43. The van der Waals surface area contributed by atoms with Crippen LogP contribution in [0.15, 0.2) is 41.0 Å². The molecule has 0 saturated carbocycles. The summed E-state index contributed by atoms with van der Waals surface area (Å²) in [6, 6.07) is 9.95. The normalized spacial score (nSPS) is 22.9. The Hall–Kier alpha value is -1.88. The lowest BCUT2D eigenvalue weighted by Gasteiger charge is -2.17. The van der Waals surface area contributed by atoms with Crippen LogP contribution in [0.4, 0.5) is 11.4 Å². The van der Waals surface area contributed by atoms with Crippen molar-refractivity contribution in [2.75, 3.05) is 10.6 Å². The van der Waals surface area contributed by atoms with Gasteiger partial charge in [0.15, 0.2) is 0 Å². The van der Waals surface area contributed by atoms with Gasteiger partial charge < -0.3 is 10.6 Å². The maximum Gasteiger partial charge on any atom is 0.225 e. The fourth-order valence-electron chi connectivity index (χ4n) is 3.08. The molecule has 0 aliphatic carbocycles. The molecule has 0 radical (unpaired) electrons. The number of aromatic nitrogens is 1. The van der Waals surface area contributed by atoms with Crippen molar-refractivity contribution in [3.63, 3.8) is 0 Å². The van der Waals surface area contributed by atoms with E-state index in [2.05, 4.69) is 43.7 Å². The van der Waals surface area contributed by atoms with Gasteiger partial charge >= 0.3 is 0 Å². The number of carbonyl (C=O) groups excluding carboxylic acids is 1. The van der Waals surface area contributed by atoms with Crippen molar-refractivity contribution in [2.45, 2.75) is 18.4 Å². The van der Waals surface area contributed by atoms with Gasteiger partial charge in [-0.3, -0.25) is 9.78 Å². The molecule has 1 aromatic heterocycles. The molecule has 20 heavy (non-hydrogen) atoms. The van der Waals surface area contributed by atoms with Gasteiger partial charge in [-0.1, -0.05) is 15.9 Å². The smallest absolute Gasteiger partial charge is 0.225 e. The van der Waals surface area contributed by atoms with Crippen molar-refractivity contribution >= 4 is 33.2 Å². The molecule has 2 N–H and O–H groups in total. The number of nitrogens with one attached hydrogen (secondary N) is 2. The minimum atomic E-state index is 0.0429. The summed E-state index contributed by atoms with van der Waals surface area (Å²) in [4.78, 5) is 16.6. The molecular formula is C15H12BrN3O. The first-order valence-electron chi connectivity index (χ1n) is 6.53. The summed E-state index contributed by atoms with van der Waals surface area (Å²) >= 11 is 3.50. The van der Waals surface area contributed by atoms with Gasteiger partial charge in [-0.2, -0.15) is 0 Å². The average molecular weight is 330 g/mol. The third kappa shape index (κ3) is 1.73. The SMILES string of the molecule is O=C1CC2c3cc(Br)ccc3NC2c2ncccc2N1. The van der Waals surface area contributed by atoms with E-state index in [-0.39, 0.29) is 17.9 Å². The standard InChI is InChI=1S/C15H12BrN3O/c16-8-3-4-11-9(6-8)10-7-13(20)18-12-2-1-5-17-15(12)14(10)19-11/h1-6,10,14,19H,7H2,(H,18,20). The van der Waals surface area contributed by atoms with Crippen LogP contribution in [-0.2, 0) is 4.79 Å². The highest BCUT2D eigenvalue weighted by molar-refractivity contribution is 9.10. The highest BCUT2D eigenvalue weighted by Gasteiger charge is 2.39. The molecule has 2 aliphatic rings. The number of halogens is 1. The molecule has 0 spiro atoms. The lowest BCUT2D eigenvalue weighted by Crippen LogP contribution is -2.13. The van der Waals surface area contributed by atoms with Crippen LogP contribution >= 0.6 is 15.9 Å². The average Bonchev–Trinajstić information content (AvgIpc) is 2.70. The maximum absolute atomic E-state index is 12.1. The molecule has 4 rings (SSSR count). The first kappa shape index (κ1) is 11.9. The fourth-order valence-corrected chi connectivity index (χ4v) is 3.46. The van der Waals surface area contributed by atoms with Crippen molar-refractivity contribution in [3.8, 4) is 0 Å². The van der Waals surface area contributed by atoms with E-state index in [1.54, 1.807) is 6.20 Å². The molecule has 2 atom stereocenters. The minimum Gasteiger partial charge on any atom is -0.376 e. The highest BCUT2D eigenvalue weighted by Crippen LogP contribution is 2.48. The fraction of sp³-hybridized carbons (Fsp3) is 0.200. The zero-order valence-electron chi connectivity index (χ0n) is 10.6. The number of benzene rings is 1. The summed E-state index contributed by atoms with van der Waals surface area (Å²) in [6.07, 6.45) is 2.24. The highest BCUT2D eigenvalue weighted by atomic mass is 79.9. The monoisotopic (exact) mass is 329 g/mol. The maximum atomic E-state index is 12.1. The van der Waals surface area contributed by atoms with E-state index >= 15 is 0 Å². The molecule has 0 bridgehead atoms. The number of pyridine rings is 1.